The first kappa shape index (κ1) is 10.2. The highest BCUT2D eigenvalue weighted by Crippen LogP contribution is 2.34. The zero-order chi connectivity index (χ0) is 10.9. The van der Waals surface area contributed by atoms with Gasteiger partial charge in [0.25, 0.3) is 5.69 Å². The van der Waals surface area contributed by atoms with E-state index in [0.717, 1.165) is 6.07 Å². The molecule has 76 valence electrons. The average molecular weight is 207 g/mol. The van der Waals surface area contributed by atoms with Gasteiger partial charge < -0.3 is 5.73 Å². The Morgan fingerprint density at radius 3 is 2.43 bits per heavy atom. The Morgan fingerprint density at radius 2 is 2.00 bits per heavy atom. The molecule has 2 N–H and O–H groups in total. The molecule has 14 heavy (non-hydrogen) atoms. The lowest BCUT2D eigenvalue weighted by atomic mass is 10.3. The smallest absolute Gasteiger partial charge is 0.384 e. The lowest BCUT2D eigenvalue weighted by molar-refractivity contribution is -0.388. The lowest BCUT2D eigenvalue weighted by Gasteiger charge is -2.06. The number of hydrogen-bond donors (Lipinski definition) is 1. The number of nitrogen functional groups attached to an aromatic ring is 1. The third-order valence-electron chi connectivity index (χ3n) is 1.36. The molecule has 0 aliphatic carbocycles. The summed E-state index contributed by atoms with van der Waals surface area (Å²) < 4.78 is 36.5. The molecule has 0 amide bonds. The van der Waals surface area contributed by atoms with E-state index in [0.29, 0.717) is 6.07 Å². The van der Waals surface area contributed by atoms with Crippen LogP contribution in [0.5, 0.6) is 0 Å². The standard InChI is InChI=1S/C6H4F3N3O2/c7-6(8,9)5-3(12(13)14)1-2-4(10)11-5/h1-2H,(H2,10,11). The summed E-state index contributed by atoms with van der Waals surface area (Å²) in [4.78, 5) is 11.9. The SMILES string of the molecule is Nc1ccc([N+](=O)[O-])c(C(F)(F)F)n1. The van der Waals surface area contributed by atoms with Crippen molar-refractivity contribution in [2.24, 2.45) is 0 Å². The molecule has 0 unspecified atom stereocenters. The van der Waals surface area contributed by atoms with Crippen LogP contribution in [0.3, 0.4) is 0 Å². The Hall–Kier alpha value is -1.86. The Labute approximate surface area is 75.5 Å². The summed E-state index contributed by atoms with van der Waals surface area (Å²) in [6, 6.07) is 1.61. The number of rotatable bonds is 1. The molecule has 5 nitrogen and oxygen atoms in total. The molecule has 0 spiro atoms. The van der Waals surface area contributed by atoms with E-state index in [9.17, 15) is 23.3 Å². The van der Waals surface area contributed by atoms with Gasteiger partial charge in [-0.25, -0.2) is 4.98 Å². The zero-order valence-corrected chi connectivity index (χ0v) is 6.58. The van der Waals surface area contributed by atoms with Crippen molar-refractivity contribution in [2.45, 2.75) is 6.18 Å². The second-order valence-corrected chi connectivity index (χ2v) is 2.36. The van der Waals surface area contributed by atoms with Crippen LogP contribution in [0.15, 0.2) is 12.1 Å². The van der Waals surface area contributed by atoms with Crippen LogP contribution in [-0.2, 0) is 6.18 Å². The minimum atomic E-state index is -4.88. The fourth-order valence-electron chi connectivity index (χ4n) is 0.823. The first-order chi connectivity index (χ1) is 6.32. The van der Waals surface area contributed by atoms with Crippen LogP contribution >= 0.6 is 0 Å². The van der Waals surface area contributed by atoms with Crippen molar-refractivity contribution in [1.82, 2.24) is 4.98 Å². The maximum atomic E-state index is 12.2. The van der Waals surface area contributed by atoms with Gasteiger partial charge >= 0.3 is 6.18 Å². The topological polar surface area (TPSA) is 82.0 Å². The van der Waals surface area contributed by atoms with Gasteiger partial charge in [-0.2, -0.15) is 13.2 Å². The first-order valence-corrected chi connectivity index (χ1v) is 3.30. The van der Waals surface area contributed by atoms with Crippen molar-refractivity contribution in [3.05, 3.63) is 27.9 Å². The second-order valence-electron chi connectivity index (χ2n) is 2.36. The number of anilines is 1. The molecular weight excluding hydrogens is 203 g/mol. The lowest BCUT2D eigenvalue weighted by Crippen LogP contribution is -2.12. The summed E-state index contributed by atoms with van der Waals surface area (Å²) in [7, 11) is 0. The first-order valence-electron chi connectivity index (χ1n) is 3.30. The second kappa shape index (κ2) is 3.13. The van der Waals surface area contributed by atoms with Crippen LogP contribution < -0.4 is 5.73 Å². The van der Waals surface area contributed by atoms with Gasteiger partial charge in [-0.05, 0) is 6.07 Å². The maximum Gasteiger partial charge on any atom is 0.440 e. The summed E-state index contributed by atoms with van der Waals surface area (Å²) in [5.74, 6) is -0.414. The fourth-order valence-corrected chi connectivity index (χ4v) is 0.823. The number of nitrogens with zero attached hydrogens (tertiary/aromatic N) is 2. The number of alkyl halides is 3. The van der Waals surface area contributed by atoms with Gasteiger partial charge in [0, 0.05) is 6.07 Å². The van der Waals surface area contributed by atoms with Gasteiger partial charge in [-0.3, -0.25) is 10.1 Å². The number of nitro groups is 1. The van der Waals surface area contributed by atoms with E-state index in [2.05, 4.69) is 4.98 Å². The van der Waals surface area contributed by atoms with Crippen LogP contribution in [0, 0.1) is 10.1 Å². The molecule has 0 radical (unpaired) electrons. The maximum absolute atomic E-state index is 12.2. The van der Waals surface area contributed by atoms with Gasteiger partial charge in [-0.1, -0.05) is 0 Å². The third kappa shape index (κ3) is 1.90. The number of halogens is 3. The minimum absolute atomic E-state index is 0.414. The monoisotopic (exact) mass is 207 g/mol. The fraction of sp³-hybridized carbons (Fsp3) is 0.167. The Bertz CT molecular complexity index is 377. The molecule has 8 heteroatoms. The van der Waals surface area contributed by atoms with E-state index >= 15 is 0 Å². The van der Waals surface area contributed by atoms with Crippen LogP contribution in [-0.4, -0.2) is 9.91 Å². The quantitative estimate of drug-likeness (QED) is 0.559. The highest BCUT2D eigenvalue weighted by atomic mass is 19.4. The van der Waals surface area contributed by atoms with E-state index in [1.807, 2.05) is 0 Å². The van der Waals surface area contributed by atoms with Crippen LogP contribution in [0.2, 0.25) is 0 Å². The molecule has 0 saturated heterocycles. The molecule has 1 rings (SSSR count). The van der Waals surface area contributed by atoms with Gasteiger partial charge in [-0.15, -0.1) is 0 Å². The van der Waals surface area contributed by atoms with Crippen molar-refractivity contribution in [2.75, 3.05) is 5.73 Å². The molecule has 0 fully saturated rings. The van der Waals surface area contributed by atoms with Crippen LogP contribution in [0.4, 0.5) is 24.7 Å². The molecule has 0 bridgehead atoms. The van der Waals surface area contributed by atoms with Crippen molar-refractivity contribution < 1.29 is 18.1 Å². The summed E-state index contributed by atoms with van der Waals surface area (Å²) in [6.07, 6.45) is -4.88. The Morgan fingerprint density at radius 1 is 1.43 bits per heavy atom. The molecule has 1 aromatic heterocycles. The van der Waals surface area contributed by atoms with E-state index in [-0.39, 0.29) is 0 Å². The van der Waals surface area contributed by atoms with Crippen molar-refractivity contribution >= 4 is 11.5 Å². The van der Waals surface area contributed by atoms with Crippen molar-refractivity contribution in [3.8, 4) is 0 Å². The highest BCUT2D eigenvalue weighted by molar-refractivity contribution is 5.43. The molecular formula is C6H4F3N3O2. The molecule has 1 heterocycles. The molecule has 0 saturated carbocycles. The van der Waals surface area contributed by atoms with Crippen LogP contribution in [0.25, 0.3) is 0 Å². The van der Waals surface area contributed by atoms with Gasteiger partial charge in [0.2, 0.25) is 5.69 Å². The summed E-state index contributed by atoms with van der Waals surface area (Å²) in [5, 5.41) is 10.2. The summed E-state index contributed by atoms with van der Waals surface area (Å²) in [5.41, 5.74) is 2.30. The largest absolute Gasteiger partial charge is 0.440 e. The van der Waals surface area contributed by atoms with Crippen molar-refractivity contribution in [1.29, 1.82) is 0 Å². The van der Waals surface area contributed by atoms with E-state index < -0.39 is 28.3 Å². The summed E-state index contributed by atoms with van der Waals surface area (Å²) in [6.45, 7) is 0. The normalized spacial score (nSPS) is 11.4. The molecule has 0 aliphatic rings. The number of pyridine rings is 1. The zero-order valence-electron chi connectivity index (χ0n) is 6.58. The molecule has 0 atom stereocenters. The van der Waals surface area contributed by atoms with Gasteiger partial charge in [0.05, 0.1) is 4.92 Å². The Balaban J connectivity index is 3.38. The van der Waals surface area contributed by atoms with E-state index in [1.165, 1.54) is 0 Å². The van der Waals surface area contributed by atoms with E-state index in [4.69, 9.17) is 5.73 Å². The number of hydrogen-bond acceptors (Lipinski definition) is 4. The summed E-state index contributed by atoms with van der Waals surface area (Å²) >= 11 is 0. The third-order valence-corrected chi connectivity index (χ3v) is 1.36. The number of aromatic nitrogens is 1. The minimum Gasteiger partial charge on any atom is -0.384 e. The van der Waals surface area contributed by atoms with E-state index in [1.54, 1.807) is 0 Å². The Kier molecular flexibility index (Phi) is 2.28. The highest BCUT2D eigenvalue weighted by Gasteiger charge is 2.40. The average Bonchev–Trinajstić information content (AvgIpc) is 2.01. The number of nitrogens with two attached hydrogens (primary N) is 1. The van der Waals surface area contributed by atoms with Crippen LogP contribution in [0.1, 0.15) is 5.69 Å². The predicted molar refractivity (Wildman–Crippen MR) is 40.3 cm³/mol. The molecule has 1 aromatic rings. The predicted octanol–water partition coefficient (Wildman–Crippen LogP) is 1.59. The van der Waals surface area contributed by atoms with Gasteiger partial charge in [0.15, 0.2) is 0 Å². The van der Waals surface area contributed by atoms with Gasteiger partial charge in [0.1, 0.15) is 5.82 Å². The molecule has 0 aliphatic heterocycles. The van der Waals surface area contributed by atoms with Crippen molar-refractivity contribution in [3.63, 3.8) is 0 Å². The molecule has 0 aromatic carbocycles.